The van der Waals surface area contributed by atoms with Crippen molar-refractivity contribution in [3.63, 3.8) is 0 Å². The van der Waals surface area contributed by atoms with Crippen molar-refractivity contribution in [2.75, 3.05) is 6.61 Å². The van der Waals surface area contributed by atoms with Crippen LogP contribution in [0.15, 0.2) is 30.3 Å². The first kappa shape index (κ1) is 15.1. The fraction of sp³-hybridized carbons (Fsp3) is 0.429. The van der Waals surface area contributed by atoms with Crippen LogP contribution in [0.2, 0.25) is 0 Å². The van der Waals surface area contributed by atoms with Gasteiger partial charge in [0.1, 0.15) is 6.04 Å². The lowest BCUT2D eigenvalue weighted by Gasteiger charge is -2.25. The predicted molar refractivity (Wildman–Crippen MR) is 77.3 cm³/mol. The van der Waals surface area contributed by atoms with Gasteiger partial charge >= 0.3 is 0 Å². The van der Waals surface area contributed by atoms with Gasteiger partial charge in [0.25, 0.3) is 0 Å². The summed E-state index contributed by atoms with van der Waals surface area (Å²) >= 11 is 0. The highest BCUT2D eigenvalue weighted by atomic mass is 16.3. The molecule has 0 saturated carbocycles. The zero-order valence-corrected chi connectivity index (χ0v) is 12.3. The number of amides is 1. The summed E-state index contributed by atoms with van der Waals surface area (Å²) in [6.07, 6.45) is 0. The van der Waals surface area contributed by atoms with Crippen molar-refractivity contribution in [2.24, 2.45) is 0 Å². The lowest BCUT2D eigenvalue weighted by Crippen LogP contribution is -2.48. The maximum atomic E-state index is 12.1. The molecule has 1 aromatic heterocycles. The Hall–Kier alpha value is -2.28. The van der Waals surface area contributed by atoms with E-state index in [2.05, 4.69) is 20.7 Å². The van der Waals surface area contributed by atoms with Crippen molar-refractivity contribution < 1.29 is 9.90 Å². The molecule has 1 amide bonds. The van der Waals surface area contributed by atoms with Gasteiger partial charge in [-0.1, -0.05) is 30.3 Å². The number of aromatic nitrogens is 4. The number of carbonyl (C=O) groups is 1. The van der Waals surface area contributed by atoms with Crippen LogP contribution >= 0.6 is 0 Å². The van der Waals surface area contributed by atoms with Crippen molar-refractivity contribution in [3.05, 3.63) is 30.3 Å². The van der Waals surface area contributed by atoms with Crippen molar-refractivity contribution >= 4 is 5.91 Å². The van der Waals surface area contributed by atoms with Gasteiger partial charge in [0.05, 0.1) is 12.1 Å². The third-order valence-corrected chi connectivity index (χ3v) is 3.04. The molecule has 0 spiro atoms. The summed E-state index contributed by atoms with van der Waals surface area (Å²) in [6, 6.07) is 8.81. The second-order valence-electron chi connectivity index (χ2n) is 5.51. The molecule has 1 heterocycles. The number of aliphatic hydroxyl groups is 1. The summed E-state index contributed by atoms with van der Waals surface area (Å²) in [5.74, 6) is 0.197. The summed E-state index contributed by atoms with van der Waals surface area (Å²) in [7, 11) is 0. The van der Waals surface area contributed by atoms with Gasteiger partial charge in [-0.15, -0.1) is 10.2 Å². The molecule has 0 bridgehead atoms. The number of carbonyl (C=O) groups excluding carboxylic acids is 1. The third-order valence-electron chi connectivity index (χ3n) is 3.04. The Balaban J connectivity index is 2.12. The van der Waals surface area contributed by atoms with Crippen LogP contribution < -0.4 is 5.32 Å². The highest BCUT2D eigenvalue weighted by Crippen LogP contribution is 2.14. The van der Waals surface area contributed by atoms with Gasteiger partial charge in [0.2, 0.25) is 11.7 Å². The maximum Gasteiger partial charge on any atom is 0.247 e. The van der Waals surface area contributed by atoms with E-state index in [0.29, 0.717) is 5.82 Å². The van der Waals surface area contributed by atoms with E-state index in [0.717, 1.165) is 5.56 Å². The lowest BCUT2D eigenvalue weighted by molar-refractivity contribution is -0.126. The molecule has 7 heteroatoms. The van der Waals surface area contributed by atoms with Crippen LogP contribution in [-0.2, 0) is 4.79 Å². The van der Waals surface area contributed by atoms with Crippen molar-refractivity contribution in [1.82, 2.24) is 25.5 Å². The molecule has 0 aliphatic heterocycles. The predicted octanol–water partition coefficient (Wildman–Crippen LogP) is 0.788. The molecular weight excluding hydrogens is 270 g/mol. The van der Waals surface area contributed by atoms with E-state index in [9.17, 15) is 9.90 Å². The van der Waals surface area contributed by atoms with E-state index in [1.165, 1.54) is 4.80 Å². The van der Waals surface area contributed by atoms with Gasteiger partial charge in [0, 0.05) is 5.56 Å². The van der Waals surface area contributed by atoms with Crippen LogP contribution in [0.3, 0.4) is 0 Å². The van der Waals surface area contributed by atoms with Gasteiger partial charge in [-0.3, -0.25) is 4.79 Å². The molecule has 0 aliphatic carbocycles. The van der Waals surface area contributed by atoms with Gasteiger partial charge in [0.15, 0.2) is 0 Å². The Morgan fingerprint density at radius 3 is 2.67 bits per heavy atom. The largest absolute Gasteiger partial charge is 0.394 e. The molecule has 1 atom stereocenters. The standard InChI is InChI=1S/C14H19N5O2/c1-10(13(21)15-14(2,3)9-20)19-17-12(16-18-19)11-7-5-4-6-8-11/h4-8,10,20H,9H2,1-3H3,(H,15,21). The topological polar surface area (TPSA) is 92.9 Å². The Labute approximate surface area is 123 Å². The lowest BCUT2D eigenvalue weighted by atomic mass is 10.1. The van der Waals surface area contributed by atoms with E-state index in [1.54, 1.807) is 20.8 Å². The number of benzene rings is 1. The smallest absolute Gasteiger partial charge is 0.247 e. The van der Waals surface area contributed by atoms with Crippen LogP contribution in [0.5, 0.6) is 0 Å². The fourth-order valence-electron chi connectivity index (χ4n) is 1.67. The first-order chi connectivity index (χ1) is 9.93. The average molecular weight is 289 g/mol. The van der Waals surface area contributed by atoms with E-state index in [4.69, 9.17) is 0 Å². The minimum atomic E-state index is -0.686. The number of nitrogens with zero attached hydrogens (tertiary/aromatic N) is 4. The van der Waals surface area contributed by atoms with Crippen molar-refractivity contribution in [2.45, 2.75) is 32.4 Å². The second-order valence-corrected chi connectivity index (χ2v) is 5.51. The van der Waals surface area contributed by atoms with E-state index in [1.807, 2.05) is 30.3 Å². The molecule has 1 unspecified atom stereocenters. The zero-order valence-electron chi connectivity index (χ0n) is 12.3. The summed E-state index contributed by atoms with van der Waals surface area (Å²) in [5, 5.41) is 24.0. The van der Waals surface area contributed by atoms with Crippen LogP contribution in [0, 0.1) is 0 Å². The number of tetrazole rings is 1. The quantitative estimate of drug-likeness (QED) is 0.849. The van der Waals surface area contributed by atoms with Crippen LogP contribution in [0.1, 0.15) is 26.8 Å². The molecule has 2 N–H and O–H groups in total. The molecule has 0 fully saturated rings. The number of hydrogen-bond acceptors (Lipinski definition) is 5. The molecule has 0 saturated heterocycles. The molecule has 0 radical (unpaired) electrons. The molecule has 7 nitrogen and oxygen atoms in total. The summed E-state index contributed by atoms with van der Waals surface area (Å²) in [6.45, 7) is 5.01. The van der Waals surface area contributed by atoms with Crippen LogP contribution in [0.4, 0.5) is 0 Å². The van der Waals surface area contributed by atoms with E-state index < -0.39 is 11.6 Å². The SMILES string of the molecule is CC(C(=O)NC(C)(C)CO)n1nnc(-c2ccccc2)n1. The molecule has 2 aromatic rings. The van der Waals surface area contributed by atoms with E-state index >= 15 is 0 Å². The normalized spacial score (nSPS) is 13.0. The first-order valence-electron chi connectivity index (χ1n) is 6.71. The molecule has 0 aliphatic rings. The van der Waals surface area contributed by atoms with Gasteiger partial charge in [-0.2, -0.15) is 4.80 Å². The Morgan fingerprint density at radius 1 is 1.38 bits per heavy atom. The number of nitrogens with one attached hydrogen (secondary N) is 1. The molecular formula is C14H19N5O2. The second kappa shape index (κ2) is 6.01. The van der Waals surface area contributed by atoms with Crippen molar-refractivity contribution in [3.8, 4) is 11.4 Å². The Morgan fingerprint density at radius 2 is 2.05 bits per heavy atom. The summed E-state index contributed by atoms with van der Waals surface area (Å²) in [5.41, 5.74) is 0.154. The zero-order chi connectivity index (χ0) is 15.5. The van der Waals surface area contributed by atoms with Gasteiger partial charge in [-0.25, -0.2) is 0 Å². The molecule has 112 valence electrons. The monoisotopic (exact) mass is 289 g/mol. The average Bonchev–Trinajstić information content (AvgIpc) is 2.96. The van der Waals surface area contributed by atoms with E-state index in [-0.39, 0.29) is 12.5 Å². The molecule has 1 aromatic carbocycles. The highest BCUT2D eigenvalue weighted by molar-refractivity contribution is 5.80. The Kier molecular flexibility index (Phi) is 4.32. The van der Waals surface area contributed by atoms with Gasteiger partial charge < -0.3 is 10.4 Å². The molecule has 2 rings (SSSR count). The summed E-state index contributed by atoms with van der Waals surface area (Å²) < 4.78 is 0. The number of aliphatic hydroxyl groups excluding tert-OH is 1. The minimum absolute atomic E-state index is 0.147. The van der Waals surface area contributed by atoms with Crippen LogP contribution in [0.25, 0.3) is 11.4 Å². The highest BCUT2D eigenvalue weighted by Gasteiger charge is 2.25. The fourth-order valence-corrected chi connectivity index (χ4v) is 1.67. The van der Waals surface area contributed by atoms with Gasteiger partial charge in [-0.05, 0) is 26.0 Å². The third kappa shape index (κ3) is 3.63. The molecule has 21 heavy (non-hydrogen) atoms. The first-order valence-corrected chi connectivity index (χ1v) is 6.71. The van der Waals surface area contributed by atoms with Crippen LogP contribution in [-0.4, -0.2) is 43.4 Å². The number of hydrogen-bond donors (Lipinski definition) is 2. The Bertz CT molecular complexity index is 609. The number of rotatable bonds is 5. The minimum Gasteiger partial charge on any atom is -0.394 e. The van der Waals surface area contributed by atoms with Crippen molar-refractivity contribution in [1.29, 1.82) is 0 Å². The maximum absolute atomic E-state index is 12.1. The summed E-state index contributed by atoms with van der Waals surface area (Å²) in [4.78, 5) is 13.4.